The van der Waals surface area contributed by atoms with E-state index in [1.165, 1.54) is 12.2 Å². The molecule has 0 saturated carbocycles. The van der Waals surface area contributed by atoms with Crippen LogP contribution >= 0.6 is 31.9 Å². The van der Waals surface area contributed by atoms with E-state index in [0.717, 1.165) is 0 Å². The Bertz CT molecular complexity index is 279. The third kappa shape index (κ3) is 5.89. The van der Waals surface area contributed by atoms with E-state index in [9.17, 15) is 8.78 Å². The smallest absolute Gasteiger partial charge is 0.290 e. The van der Waals surface area contributed by atoms with Crippen LogP contribution in [0.3, 0.4) is 0 Å². The first-order valence-corrected chi connectivity index (χ1v) is 5.59. The largest absolute Gasteiger partial charge is 0.403 e. The zero-order chi connectivity index (χ0) is 11.8. The molecule has 0 N–H and O–H groups in total. The fourth-order valence-electron chi connectivity index (χ4n) is 0.603. The van der Waals surface area contributed by atoms with E-state index >= 15 is 0 Å². The molecule has 0 heterocycles. The van der Waals surface area contributed by atoms with Gasteiger partial charge in [-0.1, -0.05) is 12.2 Å². The number of allylic oxidation sites excluding steroid dienone is 4. The first kappa shape index (κ1) is 14.6. The maximum atomic E-state index is 13.1. The predicted octanol–water partition coefficient (Wildman–Crippen LogP) is 5.22. The first-order valence-electron chi connectivity index (χ1n) is 4.00. The maximum Gasteiger partial charge on any atom is 0.290 e. The Balaban J connectivity index is 4.58. The molecule has 0 rings (SSSR count). The lowest BCUT2D eigenvalue weighted by Gasteiger charge is -2.03. The van der Waals surface area contributed by atoms with Crippen molar-refractivity contribution in [1.29, 1.82) is 0 Å². The van der Waals surface area contributed by atoms with Gasteiger partial charge in [-0.25, -0.2) is 0 Å². The minimum absolute atomic E-state index is 0.103. The molecule has 5 heteroatoms. The van der Waals surface area contributed by atoms with Gasteiger partial charge in [0, 0.05) is 12.8 Å². The lowest BCUT2D eigenvalue weighted by atomic mass is 10.4. The van der Waals surface area contributed by atoms with E-state index in [0.29, 0.717) is 0 Å². The lowest BCUT2D eigenvalue weighted by molar-refractivity contribution is 0.151. The molecule has 0 fully saturated rings. The topological polar surface area (TPSA) is 9.23 Å². The zero-order valence-corrected chi connectivity index (χ0v) is 11.1. The van der Waals surface area contributed by atoms with E-state index in [2.05, 4.69) is 49.8 Å². The van der Waals surface area contributed by atoms with Crippen LogP contribution in [0.25, 0.3) is 0 Å². The second-order valence-electron chi connectivity index (χ2n) is 2.44. The van der Waals surface area contributed by atoms with Crippen molar-refractivity contribution in [2.45, 2.75) is 12.8 Å². The summed E-state index contributed by atoms with van der Waals surface area (Å²) in [4.78, 5) is 0. The summed E-state index contributed by atoms with van der Waals surface area (Å²) in [7, 11) is 0. The van der Waals surface area contributed by atoms with Crippen LogP contribution in [0.2, 0.25) is 0 Å². The Morgan fingerprint density at radius 1 is 1.00 bits per heavy atom. The van der Waals surface area contributed by atoms with Crippen LogP contribution in [0.15, 0.2) is 46.3 Å². The van der Waals surface area contributed by atoms with Gasteiger partial charge in [0.25, 0.3) is 12.0 Å². The maximum absolute atomic E-state index is 13.1. The summed E-state index contributed by atoms with van der Waals surface area (Å²) in [5, 5.41) is 0. The fourth-order valence-corrected chi connectivity index (χ4v) is 1.22. The molecule has 0 saturated heterocycles. The molecule has 0 aliphatic carbocycles. The minimum atomic E-state index is -1.02. The van der Waals surface area contributed by atoms with Crippen molar-refractivity contribution in [2.24, 2.45) is 0 Å². The highest BCUT2D eigenvalue weighted by atomic mass is 79.9. The molecule has 0 aromatic carbocycles. The molecule has 0 aromatic heterocycles. The molecule has 84 valence electrons. The second-order valence-corrected chi connectivity index (χ2v) is 4.36. The molecule has 0 atom stereocenters. The number of rotatable bonds is 6. The van der Waals surface area contributed by atoms with Crippen LogP contribution in [0.5, 0.6) is 0 Å². The molecule has 0 radical (unpaired) electrons. The van der Waals surface area contributed by atoms with Crippen LogP contribution in [-0.2, 0) is 4.74 Å². The molecule has 0 aliphatic rings. The fraction of sp³-hybridized carbons (Fsp3) is 0.200. The van der Waals surface area contributed by atoms with Crippen molar-refractivity contribution in [3.63, 3.8) is 0 Å². The van der Waals surface area contributed by atoms with Gasteiger partial charge in [0.05, 0.1) is 8.96 Å². The average Bonchev–Trinajstić information content (AvgIpc) is 2.18. The van der Waals surface area contributed by atoms with Crippen molar-refractivity contribution < 1.29 is 13.5 Å². The Morgan fingerprint density at radius 2 is 1.33 bits per heavy atom. The van der Waals surface area contributed by atoms with Gasteiger partial charge in [-0.05, 0) is 31.9 Å². The first-order chi connectivity index (χ1) is 7.02. The summed E-state index contributed by atoms with van der Waals surface area (Å²) in [6, 6.07) is -2.04. The molecule has 0 unspecified atom stereocenters. The normalized spacial score (nSPS) is 13.9. The monoisotopic (exact) mass is 342 g/mol. The highest BCUT2D eigenvalue weighted by Crippen LogP contribution is 2.26. The standard InChI is InChI=1S/C10H10Br2F2O/c1-3-5-7(11)9(13)15-10(14)8(12)6-4-2/h3-4H,1-2,5-6H2/b9-7+,10-8+. The molecule has 0 amide bonds. The van der Waals surface area contributed by atoms with Gasteiger partial charge in [0.15, 0.2) is 0 Å². The molecule has 15 heavy (non-hydrogen) atoms. The Morgan fingerprint density at radius 3 is 1.60 bits per heavy atom. The number of hydrogen-bond donors (Lipinski definition) is 0. The highest BCUT2D eigenvalue weighted by molar-refractivity contribution is 9.12. The van der Waals surface area contributed by atoms with Crippen LogP contribution in [-0.4, -0.2) is 0 Å². The summed E-state index contributed by atoms with van der Waals surface area (Å²) in [6.45, 7) is 6.82. The van der Waals surface area contributed by atoms with E-state index in [4.69, 9.17) is 0 Å². The number of halogens is 4. The molecular formula is C10H10Br2F2O. The van der Waals surface area contributed by atoms with Crippen molar-refractivity contribution in [2.75, 3.05) is 0 Å². The number of hydrogen-bond acceptors (Lipinski definition) is 1. The minimum Gasteiger partial charge on any atom is -0.403 e. The van der Waals surface area contributed by atoms with Gasteiger partial charge in [-0.15, -0.1) is 13.2 Å². The Labute approximate surface area is 104 Å². The van der Waals surface area contributed by atoms with Crippen LogP contribution in [0.4, 0.5) is 8.78 Å². The zero-order valence-electron chi connectivity index (χ0n) is 7.90. The Hall–Kier alpha value is -0.420. The van der Waals surface area contributed by atoms with E-state index in [-0.39, 0.29) is 21.8 Å². The van der Waals surface area contributed by atoms with Gasteiger partial charge < -0.3 is 4.74 Å². The molecular weight excluding hydrogens is 334 g/mol. The summed E-state index contributed by atoms with van der Waals surface area (Å²) >= 11 is 5.81. The number of ether oxygens (including phenoxy) is 1. The second kappa shape index (κ2) is 7.82. The lowest BCUT2D eigenvalue weighted by Crippen LogP contribution is -1.88. The van der Waals surface area contributed by atoms with Gasteiger partial charge in [-0.3, -0.25) is 0 Å². The van der Waals surface area contributed by atoms with Crippen LogP contribution in [0, 0.1) is 0 Å². The molecule has 0 aromatic rings. The van der Waals surface area contributed by atoms with Crippen LogP contribution < -0.4 is 0 Å². The third-order valence-corrected chi connectivity index (χ3v) is 2.52. The van der Waals surface area contributed by atoms with Crippen molar-refractivity contribution in [1.82, 2.24) is 0 Å². The average molecular weight is 344 g/mol. The predicted molar refractivity (Wildman–Crippen MR) is 64.8 cm³/mol. The Kier molecular flexibility index (Phi) is 7.60. The molecule has 1 nitrogen and oxygen atoms in total. The van der Waals surface area contributed by atoms with Gasteiger partial charge >= 0.3 is 0 Å². The van der Waals surface area contributed by atoms with E-state index in [1.807, 2.05) is 0 Å². The van der Waals surface area contributed by atoms with Crippen molar-refractivity contribution >= 4 is 31.9 Å². The summed E-state index contributed by atoms with van der Waals surface area (Å²) in [5.74, 6) is 0. The molecule has 0 bridgehead atoms. The van der Waals surface area contributed by atoms with Gasteiger partial charge in [0.1, 0.15) is 0 Å². The molecule has 0 aliphatic heterocycles. The SMILES string of the molecule is C=CC/C(Br)=C(/F)O/C(F)=C(/Br)CC=C. The molecule has 0 spiro atoms. The van der Waals surface area contributed by atoms with Gasteiger partial charge in [-0.2, -0.15) is 8.78 Å². The quantitative estimate of drug-likeness (QED) is 0.474. The van der Waals surface area contributed by atoms with Crippen molar-refractivity contribution in [3.05, 3.63) is 46.3 Å². The van der Waals surface area contributed by atoms with Crippen molar-refractivity contribution in [3.8, 4) is 0 Å². The summed E-state index contributed by atoms with van der Waals surface area (Å²) in [6.07, 6.45) is 3.40. The van der Waals surface area contributed by atoms with Gasteiger partial charge in [0.2, 0.25) is 0 Å². The van der Waals surface area contributed by atoms with E-state index in [1.54, 1.807) is 0 Å². The highest BCUT2D eigenvalue weighted by Gasteiger charge is 2.10. The van der Waals surface area contributed by atoms with Crippen LogP contribution in [0.1, 0.15) is 12.8 Å². The summed E-state index contributed by atoms with van der Waals surface area (Å²) < 4.78 is 30.7. The van der Waals surface area contributed by atoms with E-state index < -0.39 is 12.0 Å². The third-order valence-electron chi connectivity index (χ3n) is 1.25. The summed E-state index contributed by atoms with van der Waals surface area (Å²) in [5.41, 5.74) is 0.